The number of hydrazine groups is 1. The van der Waals surface area contributed by atoms with E-state index in [0.29, 0.717) is 12.1 Å². The molecule has 0 unspecified atom stereocenters. The smallest absolute Gasteiger partial charge is 0.258 e. The molecule has 2 rings (SSSR count). The zero-order chi connectivity index (χ0) is 15.2. The number of anilines is 1. The Morgan fingerprint density at radius 2 is 1.67 bits per heavy atom. The van der Waals surface area contributed by atoms with Crippen molar-refractivity contribution in [3.8, 4) is 0 Å². The molecule has 3 N–H and O–H groups in total. The third-order valence-corrected chi connectivity index (χ3v) is 3.28. The third-order valence-electron chi connectivity index (χ3n) is 3.28. The number of nitrogens with two attached hydrogens (primary N) is 1. The van der Waals surface area contributed by atoms with Gasteiger partial charge in [-0.1, -0.05) is 12.1 Å². The number of nitrogens with zero attached hydrogens (tertiary/aromatic N) is 1. The Morgan fingerprint density at radius 1 is 1.05 bits per heavy atom. The van der Waals surface area contributed by atoms with E-state index in [4.69, 9.17) is 5.84 Å². The van der Waals surface area contributed by atoms with Crippen LogP contribution in [-0.4, -0.2) is 17.7 Å². The minimum absolute atomic E-state index is 0.163. The molecule has 1 aliphatic rings. The zero-order valence-corrected chi connectivity index (χ0v) is 11.5. The number of aryl methyl sites for hydroxylation is 1. The largest absolute Gasteiger partial charge is 0.294 e. The van der Waals surface area contributed by atoms with Gasteiger partial charge in [0.05, 0.1) is 5.69 Å². The summed E-state index contributed by atoms with van der Waals surface area (Å²) in [7, 11) is 0. The first kappa shape index (κ1) is 14.9. The van der Waals surface area contributed by atoms with Crippen molar-refractivity contribution in [2.24, 2.45) is 5.84 Å². The lowest BCUT2D eigenvalue weighted by Gasteiger charge is -2.14. The fourth-order valence-electron chi connectivity index (χ4n) is 2.15. The van der Waals surface area contributed by atoms with E-state index in [9.17, 15) is 14.4 Å². The molecule has 1 aromatic rings. The molecule has 3 amide bonds. The Bertz CT molecular complexity index is 560. The molecule has 0 bridgehead atoms. The summed E-state index contributed by atoms with van der Waals surface area (Å²) in [5.74, 6) is 4.20. The quantitative estimate of drug-likeness (QED) is 0.266. The van der Waals surface area contributed by atoms with E-state index in [1.54, 1.807) is 12.1 Å². The maximum Gasteiger partial charge on any atom is 0.258 e. The molecular weight excluding hydrogens is 270 g/mol. The number of benzene rings is 1. The van der Waals surface area contributed by atoms with Crippen LogP contribution in [0.25, 0.3) is 0 Å². The summed E-state index contributed by atoms with van der Waals surface area (Å²) in [5, 5.41) is 0. The maximum absolute atomic E-state index is 11.5. The van der Waals surface area contributed by atoms with Gasteiger partial charge in [0.2, 0.25) is 5.91 Å². The highest BCUT2D eigenvalue weighted by atomic mass is 16.2. The number of imide groups is 1. The lowest BCUT2D eigenvalue weighted by molar-refractivity contribution is -0.121. The summed E-state index contributed by atoms with van der Waals surface area (Å²) in [6, 6.07) is 7.28. The average molecular weight is 287 g/mol. The van der Waals surface area contributed by atoms with Crippen molar-refractivity contribution in [2.75, 3.05) is 4.90 Å². The summed E-state index contributed by atoms with van der Waals surface area (Å²) < 4.78 is 0. The van der Waals surface area contributed by atoms with Crippen LogP contribution in [0.2, 0.25) is 0 Å². The van der Waals surface area contributed by atoms with Gasteiger partial charge in [0.15, 0.2) is 0 Å². The van der Waals surface area contributed by atoms with Crippen molar-refractivity contribution >= 4 is 23.4 Å². The molecule has 0 radical (unpaired) electrons. The molecule has 0 aromatic heterocycles. The van der Waals surface area contributed by atoms with E-state index in [1.807, 2.05) is 12.1 Å². The summed E-state index contributed by atoms with van der Waals surface area (Å²) in [5.41, 5.74) is 3.76. The number of nitrogens with one attached hydrogen (secondary N) is 1. The van der Waals surface area contributed by atoms with Crippen molar-refractivity contribution < 1.29 is 14.4 Å². The summed E-state index contributed by atoms with van der Waals surface area (Å²) in [6.45, 7) is 0. The van der Waals surface area contributed by atoms with E-state index in [-0.39, 0.29) is 17.7 Å². The molecule has 0 saturated carbocycles. The average Bonchev–Trinajstić information content (AvgIpc) is 2.83. The molecule has 0 saturated heterocycles. The first-order chi connectivity index (χ1) is 10.1. The van der Waals surface area contributed by atoms with Crippen LogP contribution in [0.15, 0.2) is 36.4 Å². The van der Waals surface area contributed by atoms with Gasteiger partial charge in [-0.15, -0.1) is 0 Å². The number of carbonyl (C=O) groups excluding carboxylic acids is 3. The highest BCUT2D eigenvalue weighted by Gasteiger charge is 2.24. The molecule has 1 heterocycles. The first-order valence-electron chi connectivity index (χ1n) is 6.76. The molecular formula is C15H17N3O3. The fourth-order valence-corrected chi connectivity index (χ4v) is 2.15. The number of carbonyl (C=O) groups is 3. The number of hydrogen-bond donors (Lipinski definition) is 2. The molecule has 6 nitrogen and oxygen atoms in total. The van der Waals surface area contributed by atoms with Crippen molar-refractivity contribution in [2.45, 2.75) is 25.7 Å². The Hall–Kier alpha value is -2.47. The van der Waals surface area contributed by atoms with Crippen LogP contribution in [0.3, 0.4) is 0 Å². The van der Waals surface area contributed by atoms with Crippen LogP contribution < -0.4 is 16.2 Å². The maximum atomic E-state index is 11.5. The normalized spacial score (nSPS) is 13.9. The van der Waals surface area contributed by atoms with Gasteiger partial charge < -0.3 is 0 Å². The van der Waals surface area contributed by atoms with Gasteiger partial charge in [0.1, 0.15) is 0 Å². The Balaban J connectivity index is 1.86. The summed E-state index contributed by atoms with van der Waals surface area (Å²) in [4.78, 5) is 35.2. The van der Waals surface area contributed by atoms with Crippen LogP contribution in [0.4, 0.5) is 5.69 Å². The van der Waals surface area contributed by atoms with E-state index in [2.05, 4.69) is 5.43 Å². The van der Waals surface area contributed by atoms with Gasteiger partial charge in [-0.2, -0.15) is 0 Å². The highest BCUT2D eigenvalue weighted by molar-refractivity contribution is 6.28. The zero-order valence-electron chi connectivity index (χ0n) is 11.5. The second-order valence-corrected chi connectivity index (χ2v) is 4.79. The molecule has 110 valence electrons. The minimum Gasteiger partial charge on any atom is -0.294 e. The van der Waals surface area contributed by atoms with Crippen LogP contribution in [-0.2, 0) is 20.8 Å². The van der Waals surface area contributed by atoms with Crippen molar-refractivity contribution in [3.05, 3.63) is 42.0 Å². The van der Waals surface area contributed by atoms with Gasteiger partial charge in [-0.05, 0) is 37.0 Å². The Kier molecular flexibility index (Phi) is 4.84. The van der Waals surface area contributed by atoms with Gasteiger partial charge in [-0.3, -0.25) is 19.8 Å². The van der Waals surface area contributed by atoms with Crippen molar-refractivity contribution in [1.29, 1.82) is 0 Å². The molecule has 21 heavy (non-hydrogen) atoms. The molecule has 0 aliphatic carbocycles. The van der Waals surface area contributed by atoms with Crippen molar-refractivity contribution in [1.82, 2.24) is 5.43 Å². The van der Waals surface area contributed by atoms with Crippen LogP contribution in [0.5, 0.6) is 0 Å². The lowest BCUT2D eigenvalue weighted by atomic mass is 10.1. The molecule has 1 aliphatic heterocycles. The Labute approximate surface area is 122 Å². The fraction of sp³-hybridized carbons (Fsp3) is 0.267. The minimum atomic E-state index is -0.319. The molecule has 1 aromatic carbocycles. The number of rotatable bonds is 6. The second-order valence-electron chi connectivity index (χ2n) is 4.79. The molecule has 0 atom stereocenters. The second kappa shape index (κ2) is 6.81. The summed E-state index contributed by atoms with van der Waals surface area (Å²) in [6.07, 6.45) is 5.40. The monoisotopic (exact) mass is 287 g/mol. The summed E-state index contributed by atoms with van der Waals surface area (Å²) >= 11 is 0. The first-order valence-corrected chi connectivity index (χ1v) is 6.76. The molecule has 0 spiro atoms. The van der Waals surface area contributed by atoms with E-state index >= 15 is 0 Å². The van der Waals surface area contributed by atoms with Crippen molar-refractivity contribution in [3.63, 3.8) is 0 Å². The predicted octanol–water partition coefficient (Wildman–Crippen LogP) is 0.819. The van der Waals surface area contributed by atoms with E-state index in [1.165, 1.54) is 12.2 Å². The van der Waals surface area contributed by atoms with E-state index < -0.39 is 0 Å². The lowest BCUT2D eigenvalue weighted by Crippen LogP contribution is -2.29. The Morgan fingerprint density at radius 3 is 2.24 bits per heavy atom. The topological polar surface area (TPSA) is 92.5 Å². The van der Waals surface area contributed by atoms with Gasteiger partial charge >= 0.3 is 0 Å². The SMILES string of the molecule is NNC(=O)CCCCc1ccc(N2C(=O)C=CC2=O)cc1. The number of amides is 3. The predicted molar refractivity (Wildman–Crippen MR) is 78.0 cm³/mol. The van der Waals surface area contributed by atoms with Gasteiger partial charge in [0, 0.05) is 18.6 Å². The third kappa shape index (κ3) is 3.76. The molecule has 0 fully saturated rings. The van der Waals surface area contributed by atoms with Crippen LogP contribution in [0.1, 0.15) is 24.8 Å². The van der Waals surface area contributed by atoms with Gasteiger partial charge in [-0.25, -0.2) is 10.7 Å². The number of hydrogen-bond acceptors (Lipinski definition) is 4. The molecule has 6 heteroatoms. The van der Waals surface area contributed by atoms with Crippen LogP contribution in [0, 0.1) is 0 Å². The highest BCUT2D eigenvalue weighted by Crippen LogP contribution is 2.20. The van der Waals surface area contributed by atoms with Gasteiger partial charge in [0.25, 0.3) is 11.8 Å². The van der Waals surface area contributed by atoms with Crippen LogP contribution >= 0.6 is 0 Å². The standard InChI is InChI=1S/C15H17N3O3/c16-17-13(19)4-2-1-3-11-5-7-12(8-6-11)18-14(20)9-10-15(18)21/h5-10H,1-4,16H2,(H,17,19). The van der Waals surface area contributed by atoms with E-state index in [0.717, 1.165) is 29.7 Å². The number of unbranched alkanes of at least 4 members (excludes halogenated alkanes) is 1.